The summed E-state index contributed by atoms with van der Waals surface area (Å²) in [6.07, 6.45) is 1.41. The summed E-state index contributed by atoms with van der Waals surface area (Å²) in [4.78, 5) is 13.1. The topological polar surface area (TPSA) is 82.0 Å². The van der Waals surface area contributed by atoms with Crippen LogP contribution in [0.25, 0.3) is 0 Å². The zero-order chi connectivity index (χ0) is 13.8. The lowest BCUT2D eigenvalue weighted by atomic mass is 10.4. The normalized spacial score (nSPS) is 11.7. The van der Waals surface area contributed by atoms with Crippen molar-refractivity contribution in [2.45, 2.75) is 13.8 Å². The molecule has 106 valence electrons. The summed E-state index contributed by atoms with van der Waals surface area (Å²) in [5.74, 6) is -0.356. The standard InChI is InChI=1S/C12H24N2O4/c1-3-18-12(17)10-11(2)13-4-5-14(6-8-15)7-9-16/h10,13,15-16H,3-9H2,1-2H3. The molecule has 0 heterocycles. The van der Waals surface area contributed by atoms with Crippen molar-refractivity contribution in [3.8, 4) is 0 Å². The number of rotatable bonds is 10. The third kappa shape index (κ3) is 8.98. The molecule has 0 aromatic rings. The molecule has 0 spiro atoms. The van der Waals surface area contributed by atoms with Gasteiger partial charge in [0, 0.05) is 38.0 Å². The van der Waals surface area contributed by atoms with Gasteiger partial charge in [-0.2, -0.15) is 0 Å². The van der Waals surface area contributed by atoms with Crippen molar-refractivity contribution in [3.05, 3.63) is 11.8 Å². The molecule has 6 nitrogen and oxygen atoms in total. The predicted octanol–water partition coefficient (Wildman–Crippen LogP) is -0.670. The van der Waals surface area contributed by atoms with Crippen molar-refractivity contribution in [1.29, 1.82) is 0 Å². The van der Waals surface area contributed by atoms with Gasteiger partial charge in [-0.25, -0.2) is 4.79 Å². The van der Waals surface area contributed by atoms with Gasteiger partial charge < -0.3 is 20.3 Å². The highest BCUT2D eigenvalue weighted by molar-refractivity contribution is 5.82. The van der Waals surface area contributed by atoms with E-state index in [1.165, 1.54) is 6.08 Å². The number of nitrogens with one attached hydrogen (secondary N) is 1. The van der Waals surface area contributed by atoms with Crippen molar-refractivity contribution in [2.75, 3.05) is 46.0 Å². The lowest BCUT2D eigenvalue weighted by Crippen LogP contribution is -2.35. The van der Waals surface area contributed by atoms with Gasteiger partial charge in [0.25, 0.3) is 0 Å². The second-order valence-electron chi connectivity index (χ2n) is 3.80. The molecule has 3 N–H and O–H groups in total. The SMILES string of the molecule is CCOC(=O)C=C(C)NCCN(CCO)CCO. The molecule has 0 aliphatic carbocycles. The van der Waals surface area contributed by atoms with E-state index < -0.39 is 0 Å². The number of aliphatic hydroxyl groups is 2. The number of nitrogens with zero attached hydrogens (tertiary/aromatic N) is 1. The number of ether oxygens (including phenoxy) is 1. The molecule has 0 amide bonds. The van der Waals surface area contributed by atoms with Crippen molar-refractivity contribution in [1.82, 2.24) is 10.2 Å². The summed E-state index contributed by atoms with van der Waals surface area (Å²) in [6, 6.07) is 0. The van der Waals surface area contributed by atoms with E-state index in [0.717, 1.165) is 5.70 Å². The van der Waals surface area contributed by atoms with E-state index in [1.807, 2.05) is 4.90 Å². The van der Waals surface area contributed by atoms with Gasteiger partial charge in [0.2, 0.25) is 0 Å². The first-order valence-electron chi connectivity index (χ1n) is 6.17. The molecule has 0 atom stereocenters. The number of esters is 1. The second kappa shape index (κ2) is 11.0. The maximum absolute atomic E-state index is 11.1. The molecular weight excluding hydrogens is 236 g/mol. The molecule has 18 heavy (non-hydrogen) atoms. The molecular formula is C12H24N2O4. The van der Waals surface area contributed by atoms with Crippen LogP contribution in [0.5, 0.6) is 0 Å². The molecule has 0 rings (SSSR count). The zero-order valence-corrected chi connectivity index (χ0v) is 11.2. The Morgan fingerprint density at radius 1 is 1.28 bits per heavy atom. The minimum Gasteiger partial charge on any atom is -0.463 e. The maximum Gasteiger partial charge on any atom is 0.332 e. The second-order valence-corrected chi connectivity index (χ2v) is 3.80. The Kier molecular flexibility index (Phi) is 10.3. The van der Waals surface area contributed by atoms with E-state index in [9.17, 15) is 4.79 Å². The molecule has 0 saturated heterocycles. The summed E-state index contributed by atoms with van der Waals surface area (Å²) >= 11 is 0. The van der Waals surface area contributed by atoms with Crippen molar-refractivity contribution in [3.63, 3.8) is 0 Å². The lowest BCUT2D eigenvalue weighted by Gasteiger charge is -2.20. The third-order valence-electron chi connectivity index (χ3n) is 2.29. The minimum atomic E-state index is -0.356. The highest BCUT2D eigenvalue weighted by atomic mass is 16.5. The van der Waals surface area contributed by atoms with Crippen molar-refractivity contribution < 1.29 is 19.7 Å². The molecule has 0 bridgehead atoms. The average Bonchev–Trinajstić information content (AvgIpc) is 2.29. The molecule has 0 radical (unpaired) electrons. The molecule has 0 aromatic carbocycles. The fraction of sp³-hybridized carbons (Fsp3) is 0.750. The van der Waals surface area contributed by atoms with E-state index in [2.05, 4.69) is 5.32 Å². The van der Waals surface area contributed by atoms with Gasteiger partial charge in [0.05, 0.1) is 19.8 Å². The number of carbonyl (C=O) groups excluding carboxylic acids is 1. The van der Waals surface area contributed by atoms with Crippen LogP contribution >= 0.6 is 0 Å². The van der Waals surface area contributed by atoms with Gasteiger partial charge in [-0.15, -0.1) is 0 Å². The summed E-state index contributed by atoms with van der Waals surface area (Å²) < 4.78 is 4.79. The van der Waals surface area contributed by atoms with E-state index in [0.29, 0.717) is 32.8 Å². The smallest absolute Gasteiger partial charge is 0.332 e. The lowest BCUT2D eigenvalue weighted by molar-refractivity contribution is -0.137. The van der Waals surface area contributed by atoms with Crippen LogP contribution in [0.15, 0.2) is 11.8 Å². The summed E-state index contributed by atoms with van der Waals surface area (Å²) in [6.45, 7) is 6.44. The fourth-order valence-corrected chi connectivity index (χ4v) is 1.44. The highest BCUT2D eigenvalue weighted by Crippen LogP contribution is 1.91. The fourth-order valence-electron chi connectivity index (χ4n) is 1.44. The quantitative estimate of drug-likeness (QED) is 0.357. The molecule has 0 aromatic heterocycles. The van der Waals surface area contributed by atoms with Crippen LogP contribution in [-0.2, 0) is 9.53 Å². The van der Waals surface area contributed by atoms with Crippen LogP contribution in [0, 0.1) is 0 Å². The van der Waals surface area contributed by atoms with Gasteiger partial charge in [0.15, 0.2) is 0 Å². The Balaban J connectivity index is 3.89. The van der Waals surface area contributed by atoms with Crippen LogP contribution in [0.2, 0.25) is 0 Å². The Hall–Kier alpha value is -1.11. The number of hydrogen-bond donors (Lipinski definition) is 3. The first kappa shape index (κ1) is 16.9. The summed E-state index contributed by atoms with van der Waals surface area (Å²) in [7, 11) is 0. The first-order valence-corrected chi connectivity index (χ1v) is 6.17. The largest absolute Gasteiger partial charge is 0.463 e. The zero-order valence-electron chi connectivity index (χ0n) is 11.2. The Labute approximate surface area is 108 Å². The molecule has 6 heteroatoms. The van der Waals surface area contributed by atoms with E-state index in [-0.39, 0.29) is 19.2 Å². The number of carbonyl (C=O) groups is 1. The van der Waals surface area contributed by atoms with Crippen LogP contribution in [-0.4, -0.2) is 67.1 Å². The highest BCUT2D eigenvalue weighted by Gasteiger charge is 2.03. The summed E-state index contributed by atoms with van der Waals surface area (Å²) in [5, 5.41) is 20.7. The van der Waals surface area contributed by atoms with Crippen molar-refractivity contribution >= 4 is 5.97 Å². The van der Waals surface area contributed by atoms with Gasteiger partial charge >= 0.3 is 5.97 Å². The monoisotopic (exact) mass is 260 g/mol. The van der Waals surface area contributed by atoms with E-state index >= 15 is 0 Å². The molecule has 0 fully saturated rings. The van der Waals surface area contributed by atoms with Crippen LogP contribution in [0.3, 0.4) is 0 Å². The summed E-state index contributed by atoms with van der Waals surface area (Å²) in [5.41, 5.74) is 0.737. The van der Waals surface area contributed by atoms with Crippen LogP contribution in [0.1, 0.15) is 13.8 Å². The number of allylic oxidation sites excluding steroid dienone is 1. The molecule has 0 aliphatic rings. The third-order valence-corrected chi connectivity index (χ3v) is 2.29. The molecule has 0 saturated carbocycles. The van der Waals surface area contributed by atoms with E-state index in [4.69, 9.17) is 14.9 Å². The van der Waals surface area contributed by atoms with Gasteiger partial charge in [-0.05, 0) is 13.8 Å². The van der Waals surface area contributed by atoms with Gasteiger partial charge in [-0.3, -0.25) is 4.90 Å². The first-order chi connectivity index (χ1) is 8.63. The van der Waals surface area contributed by atoms with Gasteiger partial charge in [-0.1, -0.05) is 0 Å². The van der Waals surface area contributed by atoms with Gasteiger partial charge in [0.1, 0.15) is 0 Å². The average molecular weight is 260 g/mol. The Morgan fingerprint density at radius 3 is 2.39 bits per heavy atom. The Bertz CT molecular complexity index is 250. The number of aliphatic hydroxyl groups excluding tert-OH is 2. The molecule has 0 unspecified atom stereocenters. The predicted molar refractivity (Wildman–Crippen MR) is 69.0 cm³/mol. The van der Waals surface area contributed by atoms with Crippen molar-refractivity contribution in [2.24, 2.45) is 0 Å². The Morgan fingerprint density at radius 2 is 1.89 bits per heavy atom. The minimum absolute atomic E-state index is 0.0671. The maximum atomic E-state index is 11.1. The molecule has 0 aliphatic heterocycles. The van der Waals surface area contributed by atoms with Crippen LogP contribution < -0.4 is 5.32 Å². The number of hydrogen-bond acceptors (Lipinski definition) is 6. The van der Waals surface area contributed by atoms with E-state index in [1.54, 1.807) is 13.8 Å². The van der Waals surface area contributed by atoms with Crippen LogP contribution in [0.4, 0.5) is 0 Å².